The van der Waals surface area contributed by atoms with Crippen LogP contribution in [-0.2, 0) is 9.59 Å². The van der Waals surface area contributed by atoms with Crippen molar-refractivity contribution < 1.29 is 14.7 Å². The number of rotatable bonds is 5. The molecule has 0 bridgehead atoms. The Bertz CT molecular complexity index is 638. The molecule has 1 N–H and O–H groups in total. The zero-order valence-corrected chi connectivity index (χ0v) is 14.6. The second kappa shape index (κ2) is 7.91. The van der Waals surface area contributed by atoms with Crippen molar-refractivity contribution in [3.8, 4) is 0 Å². The average Bonchev–Trinajstić information content (AvgIpc) is 2.42. The van der Waals surface area contributed by atoms with E-state index in [0.717, 1.165) is 23.1 Å². The third-order valence-electron chi connectivity index (χ3n) is 4.11. The molecule has 0 saturated carbocycles. The van der Waals surface area contributed by atoms with Crippen molar-refractivity contribution in [1.82, 2.24) is 0 Å². The number of carbonyl (C=O) groups excluding carboxylic acids is 1. The normalized spacial score (nSPS) is 20.0. The lowest BCUT2D eigenvalue weighted by molar-refractivity contribution is -0.131. The number of hydrogen-bond acceptors (Lipinski definition) is 2. The molecular weight excluding hydrogens is 288 g/mol. The van der Waals surface area contributed by atoms with Crippen LogP contribution in [0.1, 0.15) is 47.5 Å². The molecule has 124 valence electrons. The molecule has 0 spiro atoms. The first kappa shape index (κ1) is 18.9. The van der Waals surface area contributed by atoms with Gasteiger partial charge >= 0.3 is 5.97 Å². The van der Waals surface area contributed by atoms with E-state index in [1.54, 1.807) is 13.0 Å². The number of carboxylic acid groups (broad SMARTS) is 1. The van der Waals surface area contributed by atoms with Crippen LogP contribution in [0.5, 0.6) is 0 Å². The van der Waals surface area contributed by atoms with Gasteiger partial charge in [0, 0.05) is 12.5 Å². The third kappa shape index (κ3) is 5.85. The van der Waals surface area contributed by atoms with Crippen LogP contribution in [0.4, 0.5) is 0 Å². The minimum atomic E-state index is -0.945. The summed E-state index contributed by atoms with van der Waals surface area (Å²) in [5.74, 6) is -0.709. The summed E-state index contributed by atoms with van der Waals surface area (Å²) in [7, 11) is 0. The fourth-order valence-corrected chi connectivity index (χ4v) is 2.62. The van der Waals surface area contributed by atoms with E-state index >= 15 is 0 Å². The van der Waals surface area contributed by atoms with Gasteiger partial charge in [-0.3, -0.25) is 4.79 Å². The van der Waals surface area contributed by atoms with Crippen molar-refractivity contribution in [2.75, 3.05) is 0 Å². The summed E-state index contributed by atoms with van der Waals surface area (Å²) >= 11 is 0. The van der Waals surface area contributed by atoms with Crippen LogP contribution in [0, 0.1) is 5.41 Å². The van der Waals surface area contributed by atoms with Gasteiger partial charge in [-0.1, -0.05) is 49.8 Å². The molecule has 0 fully saturated rings. The summed E-state index contributed by atoms with van der Waals surface area (Å²) < 4.78 is 0. The van der Waals surface area contributed by atoms with E-state index in [1.807, 2.05) is 38.2 Å². The van der Waals surface area contributed by atoms with Gasteiger partial charge in [0.1, 0.15) is 0 Å². The van der Waals surface area contributed by atoms with Crippen molar-refractivity contribution >= 4 is 11.8 Å². The topological polar surface area (TPSA) is 54.4 Å². The summed E-state index contributed by atoms with van der Waals surface area (Å²) in [4.78, 5) is 22.4. The Kier molecular flexibility index (Phi) is 6.49. The molecule has 3 heteroatoms. The van der Waals surface area contributed by atoms with Gasteiger partial charge in [-0.05, 0) is 49.3 Å². The Labute approximate surface area is 138 Å². The number of aliphatic carboxylic acids is 1. The van der Waals surface area contributed by atoms with Crippen molar-refractivity contribution in [3.05, 3.63) is 58.7 Å². The molecule has 0 aromatic carbocycles. The number of carboxylic acids is 1. The minimum absolute atomic E-state index is 0.0193. The maximum Gasteiger partial charge on any atom is 0.328 e. The van der Waals surface area contributed by atoms with E-state index in [1.165, 1.54) is 6.08 Å². The van der Waals surface area contributed by atoms with Gasteiger partial charge in [0.15, 0.2) is 5.78 Å². The Hall–Kier alpha value is -2.16. The zero-order chi connectivity index (χ0) is 17.6. The molecule has 1 rings (SSSR count). The van der Waals surface area contributed by atoms with Gasteiger partial charge < -0.3 is 5.11 Å². The minimum Gasteiger partial charge on any atom is -0.478 e. The predicted octanol–water partition coefficient (Wildman–Crippen LogP) is 4.78. The van der Waals surface area contributed by atoms with Crippen molar-refractivity contribution in [2.24, 2.45) is 5.41 Å². The Morgan fingerprint density at radius 3 is 2.43 bits per heavy atom. The van der Waals surface area contributed by atoms with Gasteiger partial charge in [-0.15, -0.1) is 0 Å². The zero-order valence-electron chi connectivity index (χ0n) is 14.6. The van der Waals surface area contributed by atoms with Gasteiger partial charge in [-0.2, -0.15) is 0 Å². The number of Topliss-reactive ketones (excluding diaryl/α,β-unsaturated/α-hetero) is 1. The summed E-state index contributed by atoms with van der Waals surface area (Å²) in [6, 6.07) is 0. The van der Waals surface area contributed by atoms with E-state index in [4.69, 9.17) is 5.11 Å². The highest BCUT2D eigenvalue weighted by Gasteiger charge is 2.30. The molecule has 0 unspecified atom stereocenters. The molecule has 1 aliphatic rings. The number of carbonyl (C=O) groups is 2. The largest absolute Gasteiger partial charge is 0.478 e. The maximum absolute atomic E-state index is 11.9. The van der Waals surface area contributed by atoms with E-state index in [-0.39, 0.29) is 11.2 Å². The molecule has 0 saturated heterocycles. The predicted molar refractivity (Wildman–Crippen MR) is 94.2 cm³/mol. The first-order valence-corrected chi connectivity index (χ1v) is 7.82. The molecule has 0 heterocycles. The molecule has 0 radical (unpaired) electrons. The second-order valence-electron chi connectivity index (χ2n) is 6.68. The standard InChI is InChI=1S/C20H26O3/c1-14(7-6-8-15(2)13-19(22)23)9-10-17-16(3)18(21)11-12-20(17,4)5/h6-10,13H,11-12H2,1-5H3,(H,22,23)/b8-6-,10-9+,14-7-,15-13+. The van der Waals surface area contributed by atoms with Gasteiger partial charge in [0.05, 0.1) is 0 Å². The molecular formula is C20H26O3. The van der Waals surface area contributed by atoms with Crippen molar-refractivity contribution in [1.29, 1.82) is 0 Å². The van der Waals surface area contributed by atoms with Crippen molar-refractivity contribution in [3.63, 3.8) is 0 Å². The highest BCUT2D eigenvalue weighted by Crippen LogP contribution is 2.39. The Balaban J connectivity index is 2.89. The lowest BCUT2D eigenvalue weighted by Gasteiger charge is -2.32. The molecule has 1 aliphatic carbocycles. The first-order chi connectivity index (χ1) is 10.6. The number of allylic oxidation sites excluding steroid dienone is 9. The van der Waals surface area contributed by atoms with Gasteiger partial charge in [0.25, 0.3) is 0 Å². The Morgan fingerprint density at radius 2 is 1.83 bits per heavy atom. The highest BCUT2D eigenvalue weighted by atomic mass is 16.4. The van der Waals surface area contributed by atoms with Crippen LogP contribution in [0.2, 0.25) is 0 Å². The highest BCUT2D eigenvalue weighted by molar-refractivity contribution is 5.97. The first-order valence-electron chi connectivity index (χ1n) is 7.82. The third-order valence-corrected chi connectivity index (χ3v) is 4.11. The smallest absolute Gasteiger partial charge is 0.328 e. The average molecular weight is 314 g/mol. The van der Waals surface area contributed by atoms with Crippen molar-refractivity contribution in [2.45, 2.75) is 47.5 Å². The molecule has 0 aromatic heterocycles. The molecule has 0 amide bonds. The second-order valence-corrected chi connectivity index (χ2v) is 6.68. The molecule has 3 nitrogen and oxygen atoms in total. The number of hydrogen-bond donors (Lipinski definition) is 1. The SMILES string of the molecule is CC1=C(/C=C/C(C)=C\C=C/C(C)=C/C(=O)O)C(C)(C)CCC1=O. The van der Waals surface area contributed by atoms with Crippen LogP contribution in [0.3, 0.4) is 0 Å². The molecule has 0 atom stereocenters. The molecule has 0 aromatic rings. The van der Waals surface area contributed by atoms with E-state index < -0.39 is 5.97 Å². The molecule has 23 heavy (non-hydrogen) atoms. The summed E-state index contributed by atoms with van der Waals surface area (Å²) in [6.45, 7) is 9.96. The van der Waals surface area contributed by atoms with Crippen LogP contribution in [-0.4, -0.2) is 16.9 Å². The lowest BCUT2D eigenvalue weighted by Crippen LogP contribution is -2.24. The van der Waals surface area contributed by atoms with E-state index in [9.17, 15) is 9.59 Å². The van der Waals surface area contributed by atoms with Gasteiger partial charge in [-0.25, -0.2) is 4.79 Å². The summed E-state index contributed by atoms with van der Waals surface area (Å²) in [5.41, 5.74) is 3.71. The lowest BCUT2D eigenvalue weighted by atomic mass is 9.72. The van der Waals surface area contributed by atoms with Crippen LogP contribution < -0.4 is 0 Å². The van der Waals surface area contributed by atoms with Crippen LogP contribution >= 0.6 is 0 Å². The van der Waals surface area contributed by atoms with E-state index in [2.05, 4.69) is 13.8 Å². The van der Waals surface area contributed by atoms with E-state index in [0.29, 0.717) is 12.0 Å². The van der Waals surface area contributed by atoms with Crippen LogP contribution in [0.25, 0.3) is 0 Å². The fourth-order valence-electron chi connectivity index (χ4n) is 2.62. The fraction of sp³-hybridized carbons (Fsp3) is 0.400. The van der Waals surface area contributed by atoms with Gasteiger partial charge in [0.2, 0.25) is 0 Å². The Morgan fingerprint density at radius 1 is 1.17 bits per heavy atom. The molecule has 0 aliphatic heterocycles. The maximum atomic E-state index is 11.9. The monoisotopic (exact) mass is 314 g/mol. The van der Waals surface area contributed by atoms with Crippen LogP contribution in [0.15, 0.2) is 58.7 Å². The quantitative estimate of drug-likeness (QED) is 0.587. The summed E-state index contributed by atoms with van der Waals surface area (Å²) in [5, 5.41) is 8.65. The summed E-state index contributed by atoms with van der Waals surface area (Å²) in [6.07, 6.45) is 12.2. The number of ketones is 1.